The van der Waals surface area contributed by atoms with E-state index in [1.807, 2.05) is 36.9 Å². The molecule has 5 N–H and O–H groups in total. The zero-order valence-corrected chi connectivity index (χ0v) is 14.9. The van der Waals surface area contributed by atoms with Crippen LogP contribution in [0.15, 0.2) is 28.2 Å². The van der Waals surface area contributed by atoms with Crippen LogP contribution in [0.25, 0.3) is 0 Å². The van der Waals surface area contributed by atoms with Crippen molar-refractivity contribution in [2.75, 3.05) is 10.2 Å². The molecule has 0 aromatic heterocycles. The molecule has 0 saturated heterocycles. The van der Waals surface area contributed by atoms with Crippen molar-refractivity contribution in [2.45, 2.75) is 58.0 Å². The van der Waals surface area contributed by atoms with Crippen LogP contribution in [-0.2, 0) is 4.79 Å². The van der Waals surface area contributed by atoms with Gasteiger partial charge in [-0.1, -0.05) is 13.3 Å². The quantitative estimate of drug-likeness (QED) is 0.784. The summed E-state index contributed by atoms with van der Waals surface area (Å²) in [5, 5.41) is 2.89. The average molecular weight is 342 g/mol. The van der Waals surface area contributed by atoms with E-state index in [0.29, 0.717) is 12.4 Å². The molecular weight excluding hydrogens is 316 g/mol. The number of aryl methyl sites for hydroxylation is 1. The fourth-order valence-corrected chi connectivity index (χ4v) is 3.70. The molecule has 0 bridgehead atoms. The minimum Gasteiger partial charge on any atom is -0.369 e. The van der Waals surface area contributed by atoms with E-state index in [1.54, 1.807) is 0 Å². The Hall–Kier alpha value is -2.57. The highest BCUT2D eigenvalue weighted by molar-refractivity contribution is 6.06. The number of aliphatic imine (C=N–C) groups is 2. The number of nitrogens with two attached hydrogens (primary N) is 2. The standard InChI is InChI=1S/C18H26N6O/c1-3-15(25)21-13-7-8-14(12(2)11-13)24-17(20)22-16(19)23-18(24)9-5-4-6-10-18/h7-8,11H,3-6,9-10H2,1-2H3,(H,21,25)(H4,19,20,22,23). The van der Waals surface area contributed by atoms with E-state index in [1.165, 1.54) is 6.42 Å². The van der Waals surface area contributed by atoms with Crippen molar-refractivity contribution in [1.29, 1.82) is 0 Å². The maximum Gasteiger partial charge on any atom is 0.224 e. The van der Waals surface area contributed by atoms with Crippen molar-refractivity contribution in [3.05, 3.63) is 23.8 Å². The highest BCUT2D eigenvalue weighted by atomic mass is 16.1. The first-order valence-electron chi connectivity index (χ1n) is 8.85. The van der Waals surface area contributed by atoms with Gasteiger partial charge in [0.1, 0.15) is 5.66 Å². The number of hydrogen-bond donors (Lipinski definition) is 3. The van der Waals surface area contributed by atoms with E-state index < -0.39 is 5.66 Å². The van der Waals surface area contributed by atoms with E-state index in [0.717, 1.165) is 42.6 Å². The largest absolute Gasteiger partial charge is 0.369 e. The molecule has 7 nitrogen and oxygen atoms in total. The zero-order valence-electron chi connectivity index (χ0n) is 14.9. The molecule has 1 spiro atoms. The molecule has 2 aliphatic rings. The van der Waals surface area contributed by atoms with Crippen molar-refractivity contribution >= 4 is 29.2 Å². The van der Waals surface area contributed by atoms with E-state index in [4.69, 9.17) is 11.5 Å². The Kier molecular flexibility index (Phi) is 4.65. The monoisotopic (exact) mass is 342 g/mol. The fourth-order valence-electron chi connectivity index (χ4n) is 3.70. The van der Waals surface area contributed by atoms with E-state index in [2.05, 4.69) is 15.3 Å². The van der Waals surface area contributed by atoms with Gasteiger partial charge >= 0.3 is 0 Å². The summed E-state index contributed by atoms with van der Waals surface area (Å²) < 4.78 is 0. The number of rotatable bonds is 3. The van der Waals surface area contributed by atoms with Crippen molar-refractivity contribution in [3.63, 3.8) is 0 Å². The van der Waals surface area contributed by atoms with Gasteiger partial charge in [-0.05, 0) is 56.4 Å². The van der Waals surface area contributed by atoms with Gasteiger partial charge in [0.25, 0.3) is 0 Å². The van der Waals surface area contributed by atoms with Gasteiger partial charge in [0, 0.05) is 17.8 Å². The predicted octanol–water partition coefficient (Wildman–Crippen LogP) is 2.45. The third-order valence-electron chi connectivity index (χ3n) is 4.89. The SMILES string of the molecule is CCC(=O)Nc1ccc(N2C(N)=NC(N)=NC23CCCCC3)c(C)c1. The average Bonchev–Trinajstić information content (AvgIpc) is 2.56. The molecule has 1 amide bonds. The number of carbonyl (C=O) groups excluding carboxylic acids is 1. The third-order valence-corrected chi connectivity index (χ3v) is 4.89. The molecule has 1 aromatic rings. The highest BCUT2D eigenvalue weighted by Gasteiger charge is 2.42. The van der Waals surface area contributed by atoms with Gasteiger partial charge in [0.15, 0.2) is 0 Å². The Bertz CT molecular complexity index is 733. The Balaban J connectivity index is 1.98. The van der Waals surface area contributed by atoms with Crippen LogP contribution >= 0.6 is 0 Å². The first kappa shape index (κ1) is 17.3. The minimum atomic E-state index is -0.451. The van der Waals surface area contributed by atoms with Crippen LogP contribution in [0.4, 0.5) is 11.4 Å². The number of benzene rings is 1. The van der Waals surface area contributed by atoms with Crippen LogP contribution < -0.4 is 21.7 Å². The lowest BCUT2D eigenvalue weighted by Gasteiger charge is -2.46. The van der Waals surface area contributed by atoms with E-state index in [9.17, 15) is 4.79 Å². The van der Waals surface area contributed by atoms with Crippen LogP contribution in [0.2, 0.25) is 0 Å². The third kappa shape index (κ3) is 3.31. The van der Waals surface area contributed by atoms with Crippen LogP contribution in [-0.4, -0.2) is 23.5 Å². The van der Waals surface area contributed by atoms with Crippen molar-refractivity contribution in [1.82, 2.24) is 0 Å². The van der Waals surface area contributed by atoms with Gasteiger partial charge in [0.2, 0.25) is 17.8 Å². The van der Waals surface area contributed by atoms with Crippen LogP contribution in [0.5, 0.6) is 0 Å². The van der Waals surface area contributed by atoms with E-state index >= 15 is 0 Å². The first-order chi connectivity index (χ1) is 11.9. The fraction of sp³-hybridized carbons (Fsp3) is 0.500. The van der Waals surface area contributed by atoms with Crippen LogP contribution in [0.3, 0.4) is 0 Å². The van der Waals surface area contributed by atoms with Gasteiger partial charge in [-0.2, -0.15) is 4.99 Å². The molecule has 25 heavy (non-hydrogen) atoms. The molecule has 1 aliphatic carbocycles. The number of nitrogens with zero attached hydrogens (tertiary/aromatic N) is 3. The molecule has 1 heterocycles. The summed E-state index contributed by atoms with van der Waals surface area (Å²) in [6.45, 7) is 3.83. The summed E-state index contributed by atoms with van der Waals surface area (Å²) in [5.41, 5.74) is 14.5. The number of amides is 1. The smallest absolute Gasteiger partial charge is 0.224 e. The minimum absolute atomic E-state index is 0.00711. The van der Waals surface area contributed by atoms with Crippen LogP contribution in [0.1, 0.15) is 51.0 Å². The molecule has 1 saturated carbocycles. The topological polar surface area (TPSA) is 109 Å². The second kappa shape index (κ2) is 6.74. The Morgan fingerprint density at radius 3 is 2.64 bits per heavy atom. The zero-order chi connectivity index (χ0) is 18.0. The first-order valence-corrected chi connectivity index (χ1v) is 8.85. The predicted molar refractivity (Wildman–Crippen MR) is 102 cm³/mol. The van der Waals surface area contributed by atoms with Crippen molar-refractivity contribution in [2.24, 2.45) is 21.5 Å². The lowest BCUT2D eigenvalue weighted by atomic mass is 9.87. The number of carbonyl (C=O) groups is 1. The number of anilines is 2. The summed E-state index contributed by atoms with van der Waals surface area (Å²) in [7, 11) is 0. The molecule has 7 heteroatoms. The molecule has 134 valence electrons. The summed E-state index contributed by atoms with van der Waals surface area (Å²) in [6, 6.07) is 5.81. The maximum atomic E-state index is 11.6. The van der Waals surface area contributed by atoms with Gasteiger partial charge in [-0.25, -0.2) is 4.99 Å². The Morgan fingerprint density at radius 1 is 1.28 bits per heavy atom. The van der Waals surface area contributed by atoms with Crippen molar-refractivity contribution in [3.8, 4) is 0 Å². The van der Waals surface area contributed by atoms with Gasteiger partial charge in [0.05, 0.1) is 0 Å². The number of hydrogen-bond acceptors (Lipinski definition) is 6. The second-order valence-electron chi connectivity index (χ2n) is 6.72. The lowest BCUT2D eigenvalue weighted by molar-refractivity contribution is -0.115. The Morgan fingerprint density at radius 2 is 2.00 bits per heavy atom. The maximum absolute atomic E-state index is 11.6. The van der Waals surface area contributed by atoms with Crippen molar-refractivity contribution < 1.29 is 4.79 Å². The molecular formula is C18H26N6O. The molecule has 1 fully saturated rings. The lowest BCUT2D eigenvalue weighted by Crippen LogP contribution is -2.58. The molecule has 1 aromatic carbocycles. The normalized spacial score (nSPS) is 19.4. The van der Waals surface area contributed by atoms with Gasteiger partial charge < -0.3 is 16.8 Å². The molecule has 3 rings (SSSR count). The molecule has 1 aliphatic heterocycles. The number of guanidine groups is 2. The molecule has 0 atom stereocenters. The summed E-state index contributed by atoms with van der Waals surface area (Å²) in [4.78, 5) is 22.5. The summed E-state index contributed by atoms with van der Waals surface area (Å²) in [5.74, 6) is 0.621. The highest BCUT2D eigenvalue weighted by Crippen LogP contribution is 2.40. The van der Waals surface area contributed by atoms with E-state index in [-0.39, 0.29) is 11.9 Å². The van der Waals surface area contributed by atoms with Gasteiger partial charge in [-0.3, -0.25) is 9.69 Å². The van der Waals surface area contributed by atoms with Gasteiger partial charge in [-0.15, -0.1) is 0 Å². The van der Waals surface area contributed by atoms with Crippen LogP contribution in [0, 0.1) is 6.92 Å². The summed E-state index contributed by atoms with van der Waals surface area (Å²) in [6.07, 6.45) is 5.62. The Labute approximate surface area is 148 Å². The second-order valence-corrected chi connectivity index (χ2v) is 6.72. The number of nitrogens with one attached hydrogen (secondary N) is 1. The molecule has 0 radical (unpaired) electrons. The summed E-state index contributed by atoms with van der Waals surface area (Å²) >= 11 is 0. The molecule has 0 unspecified atom stereocenters.